The molecule has 1 amide bonds. The van der Waals surface area contributed by atoms with Crippen molar-refractivity contribution in [1.82, 2.24) is 15.4 Å². The van der Waals surface area contributed by atoms with E-state index in [1.165, 1.54) is 5.56 Å². The number of nitrogens with one attached hydrogen (secondary N) is 2. The first-order chi connectivity index (χ1) is 7.99. The van der Waals surface area contributed by atoms with Gasteiger partial charge in [0, 0.05) is 36.3 Å². The Balaban J connectivity index is 2.43. The summed E-state index contributed by atoms with van der Waals surface area (Å²) in [7, 11) is 3.59. The maximum Gasteiger partial charge on any atom is 0.265 e. The minimum absolute atomic E-state index is 0.0878. The van der Waals surface area contributed by atoms with Crippen LogP contribution in [-0.4, -0.2) is 30.0 Å². The predicted octanol–water partition coefficient (Wildman–Crippen LogP) is 1.99. The normalized spacial score (nSPS) is 11.1. The molecule has 2 rings (SSSR count). The fraction of sp³-hybridized carbons (Fsp3) is 0.308. The van der Waals surface area contributed by atoms with Gasteiger partial charge in [0.2, 0.25) is 0 Å². The topological polar surface area (TPSA) is 48.1 Å². The van der Waals surface area contributed by atoms with Crippen LogP contribution in [0.3, 0.4) is 0 Å². The minimum atomic E-state index is -0.0878. The van der Waals surface area contributed by atoms with Gasteiger partial charge in [0.05, 0.1) is 0 Å². The Bertz CT molecular complexity index is 569. The number of aryl methyl sites for hydroxylation is 2. The van der Waals surface area contributed by atoms with Crippen molar-refractivity contribution in [2.45, 2.75) is 13.8 Å². The van der Waals surface area contributed by atoms with Gasteiger partial charge in [-0.1, -0.05) is 0 Å². The van der Waals surface area contributed by atoms with Crippen LogP contribution in [0.5, 0.6) is 0 Å². The smallest absolute Gasteiger partial charge is 0.265 e. The van der Waals surface area contributed by atoms with Crippen LogP contribution in [0.25, 0.3) is 10.9 Å². The van der Waals surface area contributed by atoms with Crippen molar-refractivity contribution in [2.24, 2.45) is 0 Å². The molecule has 0 radical (unpaired) electrons. The summed E-state index contributed by atoms with van der Waals surface area (Å²) >= 11 is 0. The molecule has 0 saturated heterocycles. The van der Waals surface area contributed by atoms with Crippen LogP contribution in [0.1, 0.15) is 21.6 Å². The highest BCUT2D eigenvalue weighted by Crippen LogP contribution is 2.22. The molecule has 1 aromatic heterocycles. The van der Waals surface area contributed by atoms with Crippen LogP contribution >= 0.6 is 0 Å². The average Bonchev–Trinajstić information content (AvgIpc) is 2.54. The summed E-state index contributed by atoms with van der Waals surface area (Å²) < 4.78 is 0. The van der Waals surface area contributed by atoms with E-state index in [1.807, 2.05) is 25.1 Å². The van der Waals surface area contributed by atoms with E-state index in [9.17, 15) is 4.79 Å². The standard InChI is InChI=1S/C13H17N3O/c1-8-9(2)14-12-6-5-10(7-11(8)12)13(17)15-16(3)4/h5-7,14H,1-4H3,(H,15,17). The average molecular weight is 231 g/mol. The lowest BCUT2D eigenvalue weighted by atomic mass is 10.1. The monoisotopic (exact) mass is 231 g/mol. The van der Waals surface area contributed by atoms with Crippen LogP contribution in [-0.2, 0) is 0 Å². The molecule has 4 nitrogen and oxygen atoms in total. The number of H-pyrrole nitrogens is 1. The van der Waals surface area contributed by atoms with Gasteiger partial charge in [-0.05, 0) is 37.6 Å². The summed E-state index contributed by atoms with van der Waals surface area (Å²) in [6, 6.07) is 5.70. The van der Waals surface area contributed by atoms with Crippen LogP contribution in [0.2, 0.25) is 0 Å². The molecule has 0 bridgehead atoms. The number of benzene rings is 1. The SMILES string of the molecule is Cc1[nH]c2ccc(C(=O)NN(C)C)cc2c1C. The maximum absolute atomic E-state index is 11.9. The summed E-state index contributed by atoms with van der Waals surface area (Å²) in [5, 5.41) is 2.75. The Morgan fingerprint density at radius 1 is 1.29 bits per heavy atom. The van der Waals surface area contributed by atoms with Crippen molar-refractivity contribution in [3.05, 3.63) is 35.0 Å². The van der Waals surface area contributed by atoms with Crippen molar-refractivity contribution in [1.29, 1.82) is 0 Å². The number of hydrogen-bond acceptors (Lipinski definition) is 2. The molecule has 2 N–H and O–H groups in total. The maximum atomic E-state index is 11.9. The Hall–Kier alpha value is -1.81. The number of aromatic nitrogens is 1. The number of carbonyl (C=O) groups excluding carboxylic acids is 1. The summed E-state index contributed by atoms with van der Waals surface area (Å²) in [5.41, 5.74) is 6.82. The lowest BCUT2D eigenvalue weighted by Crippen LogP contribution is -2.36. The van der Waals surface area contributed by atoms with E-state index < -0.39 is 0 Å². The number of rotatable bonds is 2. The van der Waals surface area contributed by atoms with Crippen LogP contribution in [0.4, 0.5) is 0 Å². The summed E-state index contributed by atoms with van der Waals surface area (Å²) in [6.45, 7) is 4.09. The molecule has 4 heteroatoms. The number of hydrogen-bond donors (Lipinski definition) is 2. The number of amides is 1. The lowest BCUT2D eigenvalue weighted by Gasteiger charge is -2.11. The van der Waals surface area contributed by atoms with Gasteiger partial charge in [-0.25, -0.2) is 5.01 Å². The molecular formula is C13H17N3O. The molecule has 17 heavy (non-hydrogen) atoms. The van der Waals surface area contributed by atoms with E-state index in [2.05, 4.69) is 17.3 Å². The van der Waals surface area contributed by atoms with Gasteiger partial charge in [-0.15, -0.1) is 0 Å². The Morgan fingerprint density at radius 3 is 2.65 bits per heavy atom. The first kappa shape index (κ1) is 11.7. The molecule has 1 aromatic carbocycles. The predicted molar refractivity (Wildman–Crippen MR) is 68.9 cm³/mol. The zero-order chi connectivity index (χ0) is 12.6. The minimum Gasteiger partial charge on any atom is -0.358 e. The van der Waals surface area contributed by atoms with Crippen LogP contribution in [0, 0.1) is 13.8 Å². The van der Waals surface area contributed by atoms with Crippen molar-refractivity contribution in [3.8, 4) is 0 Å². The number of hydrazine groups is 1. The van der Waals surface area contributed by atoms with E-state index >= 15 is 0 Å². The second-order valence-electron chi connectivity index (χ2n) is 4.47. The van der Waals surface area contributed by atoms with E-state index in [0.717, 1.165) is 16.6 Å². The molecule has 0 spiro atoms. The van der Waals surface area contributed by atoms with Crippen LogP contribution in [0.15, 0.2) is 18.2 Å². The lowest BCUT2D eigenvalue weighted by molar-refractivity contribution is 0.0857. The Kier molecular flexibility index (Phi) is 2.90. The van der Waals surface area contributed by atoms with Crippen molar-refractivity contribution in [2.75, 3.05) is 14.1 Å². The number of nitrogens with zero attached hydrogens (tertiary/aromatic N) is 1. The fourth-order valence-electron chi connectivity index (χ4n) is 1.87. The summed E-state index contributed by atoms with van der Waals surface area (Å²) in [4.78, 5) is 15.1. The number of fused-ring (bicyclic) bond motifs is 1. The first-order valence-electron chi connectivity index (χ1n) is 5.56. The van der Waals surface area contributed by atoms with Crippen molar-refractivity contribution in [3.63, 3.8) is 0 Å². The molecule has 1 heterocycles. The summed E-state index contributed by atoms with van der Waals surface area (Å²) in [5.74, 6) is -0.0878. The third kappa shape index (κ3) is 2.17. The zero-order valence-corrected chi connectivity index (χ0v) is 10.6. The van der Waals surface area contributed by atoms with Gasteiger partial charge in [0.1, 0.15) is 0 Å². The van der Waals surface area contributed by atoms with Gasteiger partial charge < -0.3 is 4.98 Å². The van der Waals surface area contributed by atoms with Gasteiger partial charge in [-0.2, -0.15) is 0 Å². The molecule has 0 aliphatic carbocycles. The molecule has 0 unspecified atom stereocenters. The molecule has 0 aliphatic heterocycles. The Labute approximate surface area is 101 Å². The zero-order valence-electron chi connectivity index (χ0n) is 10.6. The van der Waals surface area contributed by atoms with E-state index in [0.29, 0.717) is 5.56 Å². The van der Waals surface area contributed by atoms with E-state index in [1.54, 1.807) is 19.1 Å². The van der Waals surface area contributed by atoms with Crippen molar-refractivity contribution < 1.29 is 4.79 Å². The molecule has 0 fully saturated rings. The largest absolute Gasteiger partial charge is 0.358 e. The summed E-state index contributed by atoms with van der Waals surface area (Å²) in [6.07, 6.45) is 0. The number of carbonyl (C=O) groups is 1. The highest BCUT2D eigenvalue weighted by molar-refractivity contribution is 5.98. The molecule has 0 saturated carbocycles. The molecular weight excluding hydrogens is 214 g/mol. The number of aromatic amines is 1. The van der Waals surface area contributed by atoms with E-state index in [-0.39, 0.29) is 5.91 Å². The second-order valence-corrected chi connectivity index (χ2v) is 4.47. The molecule has 2 aromatic rings. The molecule has 0 atom stereocenters. The Morgan fingerprint density at radius 2 is 2.00 bits per heavy atom. The molecule has 90 valence electrons. The van der Waals surface area contributed by atoms with Crippen molar-refractivity contribution >= 4 is 16.8 Å². The van der Waals surface area contributed by atoms with E-state index in [4.69, 9.17) is 0 Å². The van der Waals surface area contributed by atoms with Gasteiger partial charge in [0.15, 0.2) is 0 Å². The van der Waals surface area contributed by atoms with Gasteiger partial charge in [-0.3, -0.25) is 10.2 Å². The van der Waals surface area contributed by atoms with Gasteiger partial charge >= 0.3 is 0 Å². The third-order valence-electron chi connectivity index (χ3n) is 2.90. The molecule has 0 aliphatic rings. The highest BCUT2D eigenvalue weighted by atomic mass is 16.2. The van der Waals surface area contributed by atoms with Crippen LogP contribution < -0.4 is 5.43 Å². The van der Waals surface area contributed by atoms with Gasteiger partial charge in [0.25, 0.3) is 5.91 Å². The quantitative estimate of drug-likeness (QED) is 0.776. The first-order valence-corrected chi connectivity index (χ1v) is 5.56. The fourth-order valence-corrected chi connectivity index (χ4v) is 1.87. The second kappa shape index (κ2) is 4.22. The third-order valence-corrected chi connectivity index (χ3v) is 2.90. The highest BCUT2D eigenvalue weighted by Gasteiger charge is 2.09.